The number of rotatable bonds is 3. The number of amides is 1. The Hall–Kier alpha value is -2.87. The van der Waals surface area contributed by atoms with Crippen molar-refractivity contribution < 1.29 is 4.79 Å². The minimum Gasteiger partial charge on any atom is -0.303 e. The van der Waals surface area contributed by atoms with E-state index in [4.69, 9.17) is 0 Å². The van der Waals surface area contributed by atoms with Gasteiger partial charge in [-0.05, 0) is 30.2 Å². The minimum atomic E-state index is -0.117. The van der Waals surface area contributed by atoms with Gasteiger partial charge in [0.05, 0.1) is 12.0 Å². The van der Waals surface area contributed by atoms with Gasteiger partial charge < -0.3 is 4.90 Å². The molecule has 0 radical (unpaired) electrons. The third-order valence-electron chi connectivity index (χ3n) is 4.71. The topological polar surface area (TPSA) is 20.3 Å². The van der Waals surface area contributed by atoms with Crippen LogP contribution in [0.3, 0.4) is 0 Å². The third kappa shape index (κ3) is 2.41. The molecule has 2 nitrogen and oxygen atoms in total. The van der Waals surface area contributed by atoms with Gasteiger partial charge in [0.2, 0.25) is 5.91 Å². The monoisotopic (exact) mass is 313 g/mol. The predicted octanol–water partition coefficient (Wildman–Crippen LogP) is 4.87. The number of para-hydroxylation sites is 1. The molecule has 0 bridgehead atoms. The number of hydrogen-bond donors (Lipinski definition) is 0. The van der Waals surface area contributed by atoms with Gasteiger partial charge in [-0.15, -0.1) is 0 Å². The Bertz CT molecular complexity index is 791. The normalized spacial score (nSPS) is 19.9. The highest BCUT2D eigenvalue weighted by atomic mass is 16.2. The fraction of sp³-hybridized carbons (Fsp3) is 0.136. The Morgan fingerprint density at radius 1 is 0.708 bits per heavy atom. The molecule has 3 aromatic rings. The molecule has 3 aromatic carbocycles. The highest BCUT2D eigenvalue weighted by Gasteiger charge is 2.49. The van der Waals surface area contributed by atoms with E-state index in [1.165, 1.54) is 11.1 Å². The number of carbonyl (C=O) groups excluding carboxylic acids is 1. The first-order valence-electron chi connectivity index (χ1n) is 8.25. The van der Waals surface area contributed by atoms with Crippen molar-refractivity contribution in [3.63, 3.8) is 0 Å². The summed E-state index contributed by atoms with van der Waals surface area (Å²) in [6, 6.07) is 28.6. The maximum Gasteiger partial charge on any atom is 0.237 e. The van der Waals surface area contributed by atoms with Crippen molar-refractivity contribution in [2.45, 2.75) is 18.9 Å². The summed E-state index contributed by atoms with van der Waals surface area (Å²) in [5, 5.41) is 0. The molecule has 2 heteroatoms. The van der Waals surface area contributed by atoms with Crippen molar-refractivity contribution >= 4 is 11.6 Å². The second-order valence-electron chi connectivity index (χ2n) is 6.29. The Balaban J connectivity index is 1.78. The van der Waals surface area contributed by atoms with Gasteiger partial charge in [0.1, 0.15) is 0 Å². The first-order valence-corrected chi connectivity index (χ1v) is 8.25. The van der Waals surface area contributed by atoms with Crippen LogP contribution in [0.4, 0.5) is 5.69 Å². The summed E-state index contributed by atoms with van der Waals surface area (Å²) in [7, 11) is 0. The minimum absolute atomic E-state index is 0.0444. The van der Waals surface area contributed by atoms with E-state index in [-0.39, 0.29) is 17.9 Å². The number of β-lactam (4-membered cyclic amide) rings is 1. The van der Waals surface area contributed by atoms with Crippen LogP contribution in [-0.2, 0) is 4.79 Å². The lowest BCUT2D eigenvalue weighted by molar-refractivity contribution is -0.126. The van der Waals surface area contributed by atoms with Crippen LogP contribution in [0, 0.1) is 6.92 Å². The molecule has 1 fully saturated rings. The summed E-state index contributed by atoms with van der Waals surface area (Å²) in [5.41, 5.74) is 4.45. The van der Waals surface area contributed by atoms with Crippen LogP contribution in [0.5, 0.6) is 0 Å². The third-order valence-corrected chi connectivity index (χ3v) is 4.71. The lowest BCUT2D eigenvalue weighted by Gasteiger charge is -2.47. The molecule has 0 N–H and O–H groups in total. The van der Waals surface area contributed by atoms with Crippen LogP contribution in [0.2, 0.25) is 0 Å². The molecule has 0 aliphatic carbocycles. The van der Waals surface area contributed by atoms with Gasteiger partial charge in [-0.1, -0.05) is 78.4 Å². The molecular weight excluding hydrogens is 294 g/mol. The zero-order valence-electron chi connectivity index (χ0n) is 13.6. The molecule has 0 saturated carbocycles. The summed E-state index contributed by atoms with van der Waals surface area (Å²) in [5.74, 6) is 0.0482. The molecule has 2 unspecified atom stereocenters. The number of benzene rings is 3. The molecule has 1 aliphatic heterocycles. The van der Waals surface area contributed by atoms with E-state index in [1.54, 1.807) is 0 Å². The van der Waals surface area contributed by atoms with Crippen LogP contribution < -0.4 is 4.90 Å². The average molecular weight is 313 g/mol. The summed E-state index contributed by atoms with van der Waals surface area (Å²) < 4.78 is 0. The lowest BCUT2D eigenvalue weighted by Crippen LogP contribution is -2.53. The zero-order valence-corrected chi connectivity index (χ0v) is 13.6. The fourth-order valence-corrected chi connectivity index (χ4v) is 3.46. The van der Waals surface area contributed by atoms with Gasteiger partial charge in [-0.25, -0.2) is 0 Å². The maximum atomic E-state index is 12.9. The molecule has 2 atom stereocenters. The van der Waals surface area contributed by atoms with Crippen molar-refractivity contribution in [3.05, 3.63) is 102 Å². The molecular formula is C22H19NO. The molecule has 4 rings (SSSR count). The largest absolute Gasteiger partial charge is 0.303 e. The lowest BCUT2D eigenvalue weighted by atomic mass is 9.77. The van der Waals surface area contributed by atoms with Crippen molar-refractivity contribution in [2.75, 3.05) is 4.90 Å². The van der Waals surface area contributed by atoms with Gasteiger partial charge in [0.25, 0.3) is 0 Å². The van der Waals surface area contributed by atoms with Crippen LogP contribution in [0.25, 0.3) is 0 Å². The Morgan fingerprint density at radius 3 is 1.92 bits per heavy atom. The molecule has 1 saturated heterocycles. The molecule has 1 aliphatic rings. The van der Waals surface area contributed by atoms with Gasteiger partial charge in [0.15, 0.2) is 0 Å². The van der Waals surface area contributed by atoms with E-state index in [1.807, 2.05) is 65.6 Å². The summed E-state index contributed by atoms with van der Waals surface area (Å²) in [6.45, 7) is 2.08. The Kier molecular flexibility index (Phi) is 3.66. The average Bonchev–Trinajstić information content (AvgIpc) is 2.62. The zero-order chi connectivity index (χ0) is 16.5. The molecule has 0 aromatic heterocycles. The van der Waals surface area contributed by atoms with Crippen molar-refractivity contribution in [1.29, 1.82) is 0 Å². The van der Waals surface area contributed by atoms with E-state index < -0.39 is 0 Å². The standard InChI is InChI=1S/C22H19NO/c1-16-12-14-18(15-13-16)21-20(17-8-4-2-5-9-17)22(24)23(21)19-10-6-3-7-11-19/h2-15,20-21H,1H3. The van der Waals surface area contributed by atoms with Crippen LogP contribution in [-0.4, -0.2) is 5.91 Å². The van der Waals surface area contributed by atoms with E-state index in [0.29, 0.717) is 0 Å². The second-order valence-corrected chi connectivity index (χ2v) is 6.29. The summed E-state index contributed by atoms with van der Waals surface area (Å²) in [4.78, 5) is 14.9. The Morgan fingerprint density at radius 2 is 1.29 bits per heavy atom. The number of carbonyl (C=O) groups is 1. The maximum absolute atomic E-state index is 12.9. The van der Waals surface area contributed by atoms with E-state index in [9.17, 15) is 4.79 Å². The van der Waals surface area contributed by atoms with Crippen LogP contribution in [0.15, 0.2) is 84.9 Å². The Labute approximate surface area is 142 Å². The van der Waals surface area contributed by atoms with Crippen molar-refractivity contribution in [2.24, 2.45) is 0 Å². The predicted molar refractivity (Wildman–Crippen MR) is 97.0 cm³/mol. The SMILES string of the molecule is Cc1ccc(C2C(c3ccccc3)C(=O)N2c2ccccc2)cc1. The van der Waals surface area contributed by atoms with E-state index in [0.717, 1.165) is 11.3 Å². The smallest absolute Gasteiger partial charge is 0.237 e. The second kappa shape index (κ2) is 5.97. The highest BCUT2D eigenvalue weighted by Crippen LogP contribution is 2.48. The van der Waals surface area contributed by atoms with E-state index in [2.05, 4.69) is 31.2 Å². The van der Waals surface area contributed by atoms with Gasteiger partial charge in [-0.3, -0.25) is 4.79 Å². The van der Waals surface area contributed by atoms with Crippen LogP contribution in [0.1, 0.15) is 28.7 Å². The molecule has 0 spiro atoms. The molecule has 118 valence electrons. The number of nitrogens with zero attached hydrogens (tertiary/aromatic N) is 1. The summed E-state index contributed by atoms with van der Waals surface area (Å²) in [6.07, 6.45) is 0. The fourth-order valence-electron chi connectivity index (χ4n) is 3.46. The van der Waals surface area contributed by atoms with Crippen LogP contribution >= 0.6 is 0 Å². The first kappa shape index (κ1) is 14.7. The number of anilines is 1. The molecule has 1 amide bonds. The number of aryl methyl sites for hydroxylation is 1. The van der Waals surface area contributed by atoms with Gasteiger partial charge in [0, 0.05) is 5.69 Å². The van der Waals surface area contributed by atoms with Gasteiger partial charge >= 0.3 is 0 Å². The first-order chi connectivity index (χ1) is 11.8. The van der Waals surface area contributed by atoms with Crippen molar-refractivity contribution in [3.8, 4) is 0 Å². The van der Waals surface area contributed by atoms with E-state index >= 15 is 0 Å². The number of hydrogen-bond acceptors (Lipinski definition) is 1. The quantitative estimate of drug-likeness (QED) is 0.632. The molecule has 24 heavy (non-hydrogen) atoms. The summed E-state index contributed by atoms with van der Waals surface area (Å²) >= 11 is 0. The van der Waals surface area contributed by atoms with Gasteiger partial charge in [-0.2, -0.15) is 0 Å². The molecule has 1 heterocycles. The highest BCUT2D eigenvalue weighted by molar-refractivity contribution is 6.06. The van der Waals surface area contributed by atoms with Crippen molar-refractivity contribution in [1.82, 2.24) is 0 Å².